The molecule has 25 heavy (non-hydrogen) atoms. The molecule has 1 aliphatic heterocycles. The van der Waals surface area contributed by atoms with Gasteiger partial charge in [-0.2, -0.15) is 0 Å². The molecule has 2 rings (SSSR count). The highest BCUT2D eigenvalue weighted by atomic mass is 19.2. The summed E-state index contributed by atoms with van der Waals surface area (Å²) in [4.78, 5) is 28.4. The lowest BCUT2D eigenvalue weighted by Gasteiger charge is -2.36. The highest BCUT2D eigenvalue weighted by molar-refractivity contribution is 5.95. The third-order valence-corrected chi connectivity index (χ3v) is 4.57. The second-order valence-electron chi connectivity index (χ2n) is 7.50. The van der Waals surface area contributed by atoms with Gasteiger partial charge in [-0.25, -0.2) is 8.78 Å². The summed E-state index contributed by atoms with van der Waals surface area (Å²) in [5.74, 6) is -2.12. The Balaban J connectivity index is 2.05. The highest BCUT2D eigenvalue weighted by Gasteiger charge is 2.34. The van der Waals surface area contributed by atoms with E-state index in [-0.39, 0.29) is 17.7 Å². The fraction of sp³-hybridized carbons (Fsp3) is 0.579. The van der Waals surface area contributed by atoms with Gasteiger partial charge in [-0.05, 0) is 31.9 Å². The van der Waals surface area contributed by atoms with Gasteiger partial charge in [-0.3, -0.25) is 9.59 Å². The van der Waals surface area contributed by atoms with Crippen molar-refractivity contribution in [3.8, 4) is 0 Å². The summed E-state index contributed by atoms with van der Waals surface area (Å²) in [7, 11) is 0. The van der Waals surface area contributed by atoms with E-state index in [1.54, 1.807) is 11.8 Å². The molecule has 0 aliphatic carbocycles. The molecule has 138 valence electrons. The van der Waals surface area contributed by atoms with E-state index in [0.29, 0.717) is 38.2 Å². The summed E-state index contributed by atoms with van der Waals surface area (Å²) < 4.78 is 26.6. The summed E-state index contributed by atoms with van der Waals surface area (Å²) in [5, 5.41) is 0. The maximum atomic E-state index is 13.5. The van der Waals surface area contributed by atoms with Crippen molar-refractivity contribution in [1.29, 1.82) is 0 Å². The Morgan fingerprint density at radius 2 is 1.76 bits per heavy atom. The molecule has 1 heterocycles. The molecule has 6 heteroatoms. The van der Waals surface area contributed by atoms with E-state index in [0.717, 1.165) is 12.1 Å². The average Bonchev–Trinajstić information content (AvgIpc) is 2.57. The number of nitrogens with zero attached hydrogens (tertiary/aromatic N) is 2. The number of anilines is 1. The molecule has 0 bridgehead atoms. The Hall–Kier alpha value is -1.98. The van der Waals surface area contributed by atoms with Crippen LogP contribution in [0.4, 0.5) is 14.5 Å². The number of benzene rings is 1. The van der Waals surface area contributed by atoms with Crippen LogP contribution < -0.4 is 4.90 Å². The standard InChI is InChI=1S/C19H26F2N2O2/c1-5-23(14-6-7-15(20)16(21)12-14)17(24)13-8-10-22(11-9-13)18(25)19(2,3)4/h6-7,12-13H,5,8-11H2,1-4H3. The van der Waals surface area contributed by atoms with Crippen LogP contribution in [0.1, 0.15) is 40.5 Å². The van der Waals surface area contributed by atoms with Gasteiger partial charge in [0.15, 0.2) is 11.6 Å². The number of amides is 2. The highest BCUT2D eigenvalue weighted by Crippen LogP contribution is 2.27. The molecule has 1 saturated heterocycles. The molecule has 1 aromatic carbocycles. The summed E-state index contributed by atoms with van der Waals surface area (Å²) in [6.45, 7) is 8.92. The Labute approximate surface area is 147 Å². The van der Waals surface area contributed by atoms with Crippen molar-refractivity contribution in [2.45, 2.75) is 40.5 Å². The van der Waals surface area contributed by atoms with E-state index >= 15 is 0 Å². The molecule has 1 aromatic rings. The van der Waals surface area contributed by atoms with Crippen molar-refractivity contribution in [2.75, 3.05) is 24.5 Å². The van der Waals surface area contributed by atoms with E-state index < -0.39 is 17.0 Å². The molecule has 0 radical (unpaired) electrons. The first-order valence-corrected chi connectivity index (χ1v) is 8.71. The first-order valence-electron chi connectivity index (χ1n) is 8.71. The molecule has 4 nitrogen and oxygen atoms in total. The topological polar surface area (TPSA) is 40.6 Å². The van der Waals surface area contributed by atoms with Crippen LogP contribution in [0.2, 0.25) is 0 Å². The molecule has 1 aliphatic rings. The van der Waals surface area contributed by atoms with Gasteiger partial charge in [0.25, 0.3) is 0 Å². The quantitative estimate of drug-likeness (QED) is 0.834. The molecule has 0 spiro atoms. The van der Waals surface area contributed by atoms with Crippen molar-refractivity contribution in [1.82, 2.24) is 4.90 Å². The maximum absolute atomic E-state index is 13.5. The minimum Gasteiger partial charge on any atom is -0.342 e. The third kappa shape index (κ3) is 4.35. The van der Waals surface area contributed by atoms with Crippen molar-refractivity contribution in [2.24, 2.45) is 11.3 Å². The molecule has 0 atom stereocenters. The molecule has 0 saturated carbocycles. The van der Waals surface area contributed by atoms with Gasteiger partial charge in [-0.15, -0.1) is 0 Å². The summed E-state index contributed by atoms with van der Waals surface area (Å²) in [6, 6.07) is 3.50. The van der Waals surface area contributed by atoms with Gasteiger partial charge < -0.3 is 9.80 Å². The van der Waals surface area contributed by atoms with Crippen molar-refractivity contribution in [3.05, 3.63) is 29.8 Å². The summed E-state index contributed by atoms with van der Waals surface area (Å²) >= 11 is 0. The van der Waals surface area contributed by atoms with E-state index in [2.05, 4.69) is 0 Å². The van der Waals surface area contributed by atoms with E-state index in [9.17, 15) is 18.4 Å². The largest absolute Gasteiger partial charge is 0.342 e. The van der Waals surface area contributed by atoms with Crippen LogP contribution >= 0.6 is 0 Å². The lowest BCUT2D eigenvalue weighted by molar-refractivity contribution is -0.142. The molecular weight excluding hydrogens is 326 g/mol. The van der Waals surface area contributed by atoms with Gasteiger partial charge in [-0.1, -0.05) is 20.8 Å². The number of carbonyl (C=O) groups is 2. The van der Waals surface area contributed by atoms with Crippen molar-refractivity contribution in [3.63, 3.8) is 0 Å². The van der Waals surface area contributed by atoms with E-state index in [4.69, 9.17) is 0 Å². The average molecular weight is 352 g/mol. The smallest absolute Gasteiger partial charge is 0.230 e. The maximum Gasteiger partial charge on any atom is 0.230 e. The van der Waals surface area contributed by atoms with E-state index in [1.807, 2.05) is 20.8 Å². The molecule has 1 fully saturated rings. The number of carbonyl (C=O) groups excluding carboxylic acids is 2. The number of hydrogen-bond donors (Lipinski definition) is 0. The first kappa shape index (κ1) is 19.3. The first-order chi connectivity index (χ1) is 11.6. The van der Waals surface area contributed by atoms with Crippen molar-refractivity contribution >= 4 is 17.5 Å². The zero-order valence-electron chi connectivity index (χ0n) is 15.3. The van der Waals surface area contributed by atoms with Gasteiger partial charge >= 0.3 is 0 Å². The van der Waals surface area contributed by atoms with Crippen LogP contribution in [0.5, 0.6) is 0 Å². The number of halogens is 2. The minimum absolute atomic E-state index is 0.0892. The zero-order valence-corrected chi connectivity index (χ0v) is 15.3. The molecule has 0 aromatic heterocycles. The van der Waals surface area contributed by atoms with Gasteiger partial charge in [0, 0.05) is 42.7 Å². The fourth-order valence-electron chi connectivity index (χ4n) is 3.14. The molecular formula is C19H26F2N2O2. The Bertz CT molecular complexity index is 647. The third-order valence-electron chi connectivity index (χ3n) is 4.57. The minimum atomic E-state index is -0.964. The van der Waals surface area contributed by atoms with Crippen LogP contribution in [0.25, 0.3) is 0 Å². The second kappa shape index (κ2) is 7.50. The Morgan fingerprint density at radius 3 is 2.24 bits per heavy atom. The zero-order chi connectivity index (χ0) is 18.8. The van der Waals surface area contributed by atoms with Gasteiger partial charge in [0.05, 0.1) is 0 Å². The number of likely N-dealkylation sites (tertiary alicyclic amines) is 1. The number of hydrogen-bond acceptors (Lipinski definition) is 2. The lowest BCUT2D eigenvalue weighted by Crippen LogP contribution is -2.47. The van der Waals surface area contributed by atoms with E-state index in [1.165, 1.54) is 11.0 Å². The summed E-state index contributed by atoms with van der Waals surface area (Å²) in [6.07, 6.45) is 1.17. The fourth-order valence-corrected chi connectivity index (χ4v) is 3.14. The monoisotopic (exact) mass is 352 g/mol. The lowest BCUT2D eigenvalue weighted by atomic mass is 9.90. The molecule has 2 amide bonds. The number of piperidine rings is 1. The Morgan fingerprint density at radius 1 is 1.16 bits per heavy atom. The molecule has 0 N–H and O–H groups in total. The summed E-state index contributed by atoms with van der Waals surface area (Å²) in [5.41, 5.74) is -0.0719. The van der Waals surface area contributed by atoms with Gasteiger partial charge in [0.2, 0.25) is 11.8 Å². The second-order valence-corrected chi connectivity index (χ2v) is 7.50. The van der Waals surface area contributed by atoms with Crippen LogP contribution in [-0.2, 0) is 9.59 Å². The van der Waals surface area contributed by atoms with Crippen LogP contribution in [0.15, 0.2) is 18.2 Å². The van der Waals surface area contributed by atoms with Crippen LogP contribution in [0, 0.1) is 23.0 Å². The predicted molar refractivity (Wildman–Crippen MR) is 93.1 cm³/mol. The van der Waals surface area contributed by atoms with Crippen molar-refractivity contribution < 1.29 is 18.4 Å². The molecule has 0 unspecified atom stereocenters. The van der Waals surface area contributed by atoms with Crippen LogP contribution in [-0.4, -0.2) is 36.3 Å². The van der Waals surface area contributed by atoms with Crippen LogP contribution in [0.3, 0.4) is 0 Å². The number of rotatable bonds is 3. The predicted octanol–water partition coefficient (Wildman–Crippen LogP) is 3.60. The normalized spacial score (nSPS) is 16.0. The Kier molecular flexibility index (Phi) is 5.80. The van der Waals surface area contributed by atoms with Gasteiger partial charge in [0.1, 0.15) is 0 Å². The SMILES string of the molecule is CCN(C(=O)C1CCN(C(=O)C(C)(C)C)CC1)c1ccc(F)c(F)c1.